The van der Waals surface area contributed by atoms with Crippen molar-refractivity contribution in [3.63, 3.8) is 0 Å². The number of rotatable bonds is 4. The SMILES string of the molecule is CC[C@@H]1Oc2ccc(C(=O)n3nc(C)cc3C)cc2N(Cc2cccc(F)c2)C1=O. The third-order valence-corrected chi connectivity index (χ3v) is 5.11. The zero-order valence-corrected chi connectivity index (χ0v) is 17.1. The number of benzene rings is 2. The van der Waals surface area contributed by atoms with Gasteiger partial charge in [-0.05, 0) is 62.2 Å². The van der Waals surface area contributed by atoms with Gasteiger partial charge in [-0.1, -0.05) is 19.1 Å². The molecule has 0 spiro atoms. The fraction of sp³-hybridized carbons (Fsp3) is 0.261. The summed E-state index contributed by atoms with van der Waals surface area (Å²) in [6, 6.07) is 12.9. The van der Waals surface area contributed by atoms with E-state index < -0.39 is 6.10 Å². The third-order valence-electron chi connectivity index (χ3n) is 5.11. The van der Waals surface area contributed by atoms with Crippen LogP contribution in [0.1, 0.15) is 40.7 Å². The standard InChI is InChI=1S/C23H22FN3O3/c1-4-20-23(29)26(13-16-6-5-7-18(24)11-16)19-12-17(8-9-21(19)30-20)22(28)27-15(3)10-14(2)25-27/h5-12,20H,4,13H2,1-3H3/t20-/m0/s1. The minimum Gasteiger partial charge on any atom is -0.478 e. The summed E-state index contributed by atoms with van der Waals surface area (Å²) in [5.41, 5.74) is 3.00. The first kappa shape index (κ1) is 19.8. The lowest BCUT2D eigenvalue weighted by Crippen LogP contribution is -2.45. The number of nitrogens with zero attached hydrogens (tertiary/aromatic N) is 3. The van der Waals surface area contributed by atoms with Gasteiger partial charge in [0.1, 0.15) is 11.6 Å². The molecule has 0 aliphatic carbocycles. The highest BCUT2D eigenvalue weighted by atomic mass is 19.1. The number of amides is 1. The van der Waals surface area contributed by atoms with Crippen LogP contribution in [0.5, 0.6) is 5.75 Å². The van der Waals surface area contributed by atoms with Gasteiger partial charge in [-0.2, -0.15) is 5.10 Å². The average Bonchev–Trinajstić information content (AvgIpc) is 3.07. The summed E-state index contributed by atoms with van der Waals surface area (Å²) < 4.78 is 20.9. The van der Waals surface area contributed by atoms with E-state index in [9.17, 15) is 14.0 Å². The summed E-state index contributed by atoms with van der Waals surface area (Å²) in [7, 11) is 0. The molecule has 3 aromatic rings. The van der Waals surface area contributed by atoms with Crippen LogP contribution >= 0.6 is 0 Å². The van der Waals surface area contributed by atoms with E-state index in [1.165, 1.54) is 16.8 Å². The van der Waals surface area contributed by atoms with E-state index in [1.54, 1.807) is 35.2 Å². The molecule has 1 aliphatic rings. The Labute approximate surface area is 173 Å². The monoisotopic (exact) mass is 407 g/mol. The number of carbonyl (C=O) groups excluding carboxylic acids is 2. The van der Waals surface area contributed by atoms with Crippen molar-refractivity contribution in [2.24, 2.45) is 0 Å². The Morgan fingerprint density at radius 1 is 1.17 bits per heavy atom. The molecule has 2 heterocycles. The van der Waals surface area contributed by atoms with Gasteiger partial charge in [0.25, 0.3) is 11.8 Å². The molecule has 0 N–H and O–H groups in total. The van der Waals surface area contributed by atoms with E-state index in [-0.39, 0.29) is 24.2 Å². The fourth-order valence-electron chi connectivity index (χ4n) is 3.65. The first-order chi connectivity index (χ1) is 14.4. The molecule has 1 atom stereocenters. The van der Waals surface area contributed by atoms with Crippen molar-refractivity contribution in [1.82, 2.24) is 9.78 Å². The van der Waals surface area contributed by atoms with Crippen LogP contribution in [-0.4, -0.2) is 27.7 Å². The normalized spacial score (nSPS) is 15.7. The number of fused-ring (bicyclic) bond motifs is 1. The zero-order valence-electron chi connectivity index (χ0n) is 17.1. The Morgan fingerprint density at radius 2 is 1.97 bits per heavy atom. The number of aromatic nitrogens is 2. The molecular formula is C23H22FN3O3. The second-order valence-electron chi connectivity index (χ2n) is 7.40. The predicted molar refractivity (Wildman–Crippen MR) is 110 cm³/mol. The molecule has 1 aliphatic heterocycles. The highest BCUT2D eigenvalue weighted by molar-refractivity contribution is 6.03. The second-order valence-corrected chi connectivity index (χ2v) is 7.40. The number of anilines is 1. The van der Waals surface area contributed by atoms with Gasteiger partial charge in [0.15, 0.2) is 6.10 Å². The minimum absolute atomic E-state index is 0.182. The molecule has 7 heteroatoms. The van der Waals surface area contributed by atoms with Crippen LogP contribution in [0.4, 0.5) is 10.1 Å². The Morgan fingerprint density at radius 3 is 2.63 bits per heavy atom. The van der Waals surface area contributed by atoms with Crippen molar-refractivity contribution in [3.8, 4) is 5.75 Å². The smallest absolute Gasteiger partial charge is 0.278 e. The Hall–Kier alpha value is -3.48. The molecular weight excluding hydrogens is 385 g/mol. The Kier molecular flexibility index (Phi) is 5.11. The number of halogens is 1. The van der Waals surface area contributed by atoms with Crippen molar-refractivity contribution in [2.45, 2.75) is 39.8 Å². The van der Waals surface area contributed by atoms with Crippen molar-refractivity contribution < 1.29 is 18.7 Å². The van der Waals surface area contributed by atoms with Gasteiger partial charge in [0.05, 0.1) is 17.9 Å². The Balaban J connectivity index is 1.75. The number of ether oxygens (including phenoxy) is 1. The number of aryl methyl sites for hydroxylation is 2. The molecule has 0 fully saturated rings. The average molecular weight is 407 g/mol. The van der Waals surface area contributed by atoms with E-state index in [2.05, 4.69) is 5.10 Å². The second kappa shape index (κ2) is 7.74. The first-order valence-corrected chi connectivity index (χ1v) is 9.82. The van der Waals surface area contributed by atoms with Crippen molar-refractivity contribution in [1.29, 1.82) is 0 Å². The highest BCUT2D eigenvalue weighted by Gasteiger charge is 2.34. The van der Waals surface area contributed by atoms with Crippen LogP contribution < -0.4 is 9.64 Å². The van der Waals surface area contributed by atoms with E-state index >= 15 is 0 Å². The lowest BCUT2D eigenvalue weighted by atomic mass is 10.1. The van der Waals surface area contributed by atoms with Gasteiger partial charge in [-0.25, -0.2) is 9.07 Å². The molecule has 2 aromatic carbocycles. The summed E-state index contributed by atoms with van der Waals surface area (Å²) in [5, 5.41) is 4.25. The molecule has 0 saturated carbocycles. The molecule has 0 unspecified atom stereocenters. The van der Waals surface area contributed by atoms with Crippen LogP contribution in [0.15, 0.2) is 48.5 Å². The van der Waals surface area contributed by atoms with Crippen molar-refractivity contribution >= 4 is 17.5 Å². The largest absolute Gasteiger partial charge is 0.478 e. The summed E-state index contributed by atoms with van der Waals surface area (Å²) in [4.78, 5) is 27.6. The molecule has 4 rings (SSSR count). The van der Waals surface area contributed by atoms with Gasteiger partial charge in [-0.3, -0.25) is 9.59 Å². The molecule has 1 amide bonds. The summed E-state index contributed by atoms with van der Waals surface area (Å²) >= 11 is 0. The van der Waals surface area contributed by atoms with Crippen LogP contribution in [0.3, 0.4) is 0 Å². The molecule has 6 nitrogen and oxygen atoms in total. The van der Waals surface area contributed by atoms with Gasteiger partial charge in [0, 0.05) is 11.3 Å². The summed E-state index contributed by atoms with van der Waals surface area (Å²) in [6.07, 6.45) is -0.117. The van der Waals surface area contributed by atoms with Crippen molar-refractivity contribution in [2.75, 3.05) is 4.90 Å². The van der Waals surface area contributed by atoms with Gasteiger partial charge in [0.2, 0.25) is 0 Å². The molecule has 0 radical (unpaired) electrons. The maximum Gasteiger partial charge on any atom is 0.278 e. The number of hydrogen-bond donors (Lipinski definition) is 0. The van der Waals surface area contributed by atoms with Crippen LogP contribution in [0, 0.1) is 19.7 Å². The zero-order chi connectivity index (χ0) is 21.4. The van der Waals surface area contributed by atoms with E-state index in [4.69, 9.17) is 4.74 Å². The molecule has 1 aromatic heterocycles. The fourth-order valence-corrected chi connectivity index (χ4v) is 3.65. The van der Waals surface area contributed by atoms with Gasteiger partial charge in [-0.15, -0.1) is 0 Å². The number of hydrogen-bond acceptors (Lipinski definition) is 4. The van der Waals surface area contributed by atoms with Crippen LogP contribution in [0.25, 0.3) is 0 Å². The van der Waals surface area contributed by atoms with E-state index in [0.29, 0.717) is 29.0 Å². The quantitative estimate of drug-likeness (QED) is 0.655. The highest BCUT2D eigenvalue weighted by Crippen LogP contribution is 2.37. The van der Waals surface area contributed by atoms with Crippen LogP contribution in [-0.2, 0) is 11.3 Å². The predicted octanol–water partition coefficient (Wildman–Crippen LogP) is 4.03. The van der Waals surface area contributed by atoms with Gasteiger partial charge < -0.3 is 9.64 Å². The lowest BCUT2D eigenvalue weighted by Gasteiger charge is -2.34. The van der Waals surface area contributed by atoms with Gasteiger partial charge >= 0.3 is 0 Å². The maximum atomic E-state index is 13.7. The maximum absolute atomic E-state index is 13.7. The number of carbonyl (C=O) groups is 2. The molecule has 30 heavy (non-hydrogen) atoms. The summed E-state index contributed by atoms with van der Waals surface area (Å²) in [5.74, 6) is -0.360. The van der Waals surface area contributed by atoms with E-state index in [0.717, 1.165) is 11.4 Å². The summed E-state index contributed by atoms with van der Waals surface area (Å²) in [6.45, 7) is 5.68. The first-order valence-electron chi connectivity index (χ1n) is 9.82. The third kappa shape index (κ3) is 3.58. The molecule has 0 bridgehead atoms. The topological polar surface area (TPSA) is 64.4 Å². The van der Waals surface area contributed by atoms with Crippen molar-refractivity contribution in [3.05, 3.63) is 76.9 Å². The minimum atomic E-state index is -0.622. The van der Waals surface area contributed by atoms with Crippen LogP contribution in [0.2, 0.25) is 0 Å². The lowest BCUT2D eigenvalue weighted by molar-refractivity contribution is -0.126. The Bertz CT molecular complexity index is 1140. The molecule has 154 valence electrons. The van der Waals surface area contributed by atoms with E-state index in [1.807, 2.05) is 26.8 Å². The molecule has 0 saturated heterocycles.